The maximum absolute atomic E-state index is 12.2. The van der Waals surface area contributed by atoms with Crippen molar-refractivity contribution in [1.82, 2.24) is 10.3 Å². The third-order valence-corrected chi connectivity index (χ3v) is 4.59. The zero-order chi connectivity index (χ0) is 16.7. The standard InChI is InChI=1S/C16H17N3O3S/c17-15(20)14(19-16(21)12-6-9-18-10-7-12)8-11-23(22)13-4-2-1-3-5-13/h1-7,9-10,14H,8,11H2,(H2,17,20)(H,19,21)/t14-,23+/m1/s1. The lowest BCUT2D eigenvalue weighted by atomic mass is 10.2. The molecule has 0 radical (unpaired) electrons. The van der Waals surface area contributed by atoms with Crippen LogP contribution in [0.5, 0.6) is 0 Å². The van der Waals surface area contributed by atoms with Crippen LogP contribution in [0.15, 0.2) is 59.8 Å². The molecule has 0 saturated heterocycles. The van der Waals surface area contributed by atoms with Crippen LogP contribution in [0.2, 0.25) is 0 Å². The molecule has 2 amide bonds. The van der Waals surface area contributed by atoms with Crippen LogP contribution in [0.3, 0.4) is 0 Å². The molecule has 0 bridgehead atoms. The Morgan fingerprint density at radius 3 is 2.39 bits per heavy atom. The molecular weight excluding hydrogens is 314 g/mol. The number of primary amides is 1. The molecule has 1 aromatic heterocycles. The van der Waals surface area contributed by atoms with Crippen molar-refractivity contribution in [3.05, 3.63) is 60.4 Å². The van der Waals surface area contributed by atoms with Gasteiger partial charge in [0.25, 0.3) is 5.91 Å². The summed E-state index contributed by atoms with van der Waals surface area (Å²) in [5.41, 5.74) is 5.71. The van der Waals surface area contributed by atoms with Gasteiger partial charge in [0, 0.05) is 28.6 Å². The van der Waals surface area contributed by atoms with Crippen LogP contribution in [0.4, 0.5) is 0 Å². The van der Waals surface area contributed by atoms with Gasteiger partial charge in [-0.25, -0.2) is 0 Å². The lowest BCUT2D eigenvalue weighted by Gasteiger charge is -2.15. The van der Waals surface area contributed by atoms with E-state index in [0.717, 1.165) is 0 Å². The van der Waals surface area contributed by atoms with Crippen molar-refractivity contribution in [3.8, 4) is 0 Å². The Morgan fingerprint density at radius 1 is 1.13 bits per heavy atom. The molecule has 0 aliphatic rings. The van der Waals surface area contributed by atoms with Gasteiger partial charge >= 0.3 is 0 Å². The third-order valence-electron chi connectivity index (χ3n) is 3.19. The number of carbonyl (C=O) groups excluding carboxylic acids is 2. The van der Waals surface area contributed by atoms with E-state index >= 15 is 0 Å². The van der Waals surface area contributed by atoms with Crippen LogP contribution >= 0.6 is 0 Å². The molecular formula is C16H17N3O3S. The zero-order valence-electron chi connectivity index (χ0n) is 12.3. The van der Waals surface area contributed by atoms with E-state index in [1.54, 1.807) is 24.3 Å². The minimum absolute atomic E-state index is 0.202. The first kappa shape index (κ1) is 16.8. The summed E-state index contributed by atoms with van der Waals surface area (Å²) in [4.78, 5) is 28.1. The predicted octanol–water partition coefficient (Wildman–Crippen LogP) is 0.863. The number of aromatic nitrogens is 1. The van der Waals surface area contributed by atoms with Crippen LogP contribution in [0, 0.1) is 0 Å². The van der Waals surface area contributed by atoms with Gasteiger partial charge in [0.2, 0.25) is 5.91 Å². The molecule has 2 aromatic rings. The molecule has 0 saturated carbocycles. The number of amides is 2. The summed E-state index contributed by atoms with van der Waals surface area (Å²) in [5, 5.41) is 2.56. The maximum atomic E-state index is 12.2. The van der Waals surface area contributed by atoms with Gasteiger partial charge in [-0.15, -0.1) is 0 Å². The number of nitrogens with two attached hydrogens (primary N) is 1. The monoisotopic (exact) mass is 331 g/mol. The molecule has 3 N–H and O–H groups in total. The molecule has 120 valence electrons. The van der Waals surface area contributed by atoms with Gasteiger partial charge in [0.1, 0.15) is 6.04 Å². The van der Waals surface area contributed by atoms with E-state index in [0.29, 0.717) is 10.5 Å². The Morgan fingerprint density at radius 2 is 1.78 bits per heavy atom. The van der Waals surface area contributed by atoms with Crippen LogP contribution < -0.4 is 11.1 Å². The van der Waals surface area contributed by atoms with Crippen molar-refractivity contribution in [1.29, 1.82) is 0 Å². The van der Waals surface area contributed by atoms with Gasteiger partial charge in [0.15, 0.2) is 0 Å². The predicted molar refractivity (Wildman–Crippen MR) is 87.0 cm³/mol. The SMILES string of the molecule is NC(=O)[C@@H](CC[S@](=O)c1ccccc1)NC(=O)c1ccncc1. The number of nitrogens with zero attached hydrogens (tertiary/aromatic N) is 1. The highest BCUT2D eigenvalue weighted by Crippen LogP contribution is 2.08. The van der Waals surface area contributed by atoms with Crippen molar-refractivity contribution in [2.75, 3.05) is 5.75 Å². The fourth-order valence-electron chi connectivity index (χ4n) is 1.95. The first-order valence-electron chi connectivity index (χ1n) is 7.01. The lowest BCUT2D eigenvalue weighted by Crippen LogP contribution is -2.45. The Labute approximate surface area is 136 Å². The fraction of sp³-hybridized carbons (Fsp3) is 0.188. The summed E-state index contributed by atoms with van der Waals surface area (Å²) in [6.45, 7) is 0. The molecule has 0 aliphatic heterocycles. The molecule has 0 fully saturated rings. The van der Waals surface area contributed by atoms with Gasteiger partial charge in [-0.2, -0.15) is 0 Å². The average molecular weight is 331 g/mol. The number of benzene rings is 1. The Bertz CT molecular complexity index is 692. The van der Waals surface area contributed by atoms with Gasteiger partial charge in [-0.3, -0.25) is 18.8 Å². The largest absolute Gasteiger partial charge is 0.368 e. The van der Waals surface area contributed by atoms with Crippen molar-refractivity contribution in [3.63, 3.8) is 0 Å². The van der Waals surface area contributed by atoms with Crippen LogP contribution in [0.25, 0.3) is 0 Å². The first-order chi connectivity index (χ1) is 11.1. The third kappa shape index (κ3) is 5.00. The highest BCUT2D eigenvalue weighted by Gasteiger charge is 2.20. The number of pyridine rings is 1. The molecule has 6 nitrogen and oxygen atoms in total. The summed E-state index contributed by atoms with van der Waals surface area (Å²) in [5.74, 6) is -0.840. The van der Waals surface area contributed by atoms with Crippen molar-refractivity contribution in [2.45, 2.75) is 17.4 Å². The summed E-state index contributed by atoms with van der Waals surface area (Å²) >= 11 is 0. The molecule has 2 rings (SSSR count). The second-order valence-corrected chi connectivity index (χ2v) is 6.39. The van der Waals surface area contributed by atoms with Crippen LogP contribution in [-0.4, -0.2) is 32.8 Å². The second-order valence-electron chi connectivity index (χ2n) is 4.82. The topological polar surface area (TPSA) is 102 Å². The average Bonchev–Trinajstić information content (AvgIpc) is 2.59. The number of nitrogens with one attached hydrogen (secondary N) is 1. The molecule has 0 aliphatic carbocycles. The van der Waals surface area contributed by atoms with Gasteiger partial charge in [0.05, 0.1) is 10.8 Å². The summed E-state index contributed by atoms with van der Waals surface area (Å²) in [6, 6.07) is 11.1. The number of carbonyl (C=O) groups is 2. The van der Waals surface area contributed by atoms with Crippen molar-refractivity contribution in [2.24, 2.45) is 5.73 Å². The molecule has 23 heavy (non-hydrogen) atoms. The van der Waals surface area contributed by atoms with Crippen LogP contribution in [-0.2, 0) is 15.6 Å². The number of hydrogen-bond acceptors (Lipinski definition) is 4. The molecule has 1 heterocycles. The van der Waals surface area contributed by atoms with Gasteiger partial charge in [-0.1, -0.05) is 18.2 Å². The lowest BCUT2D eigenvalue weighted by molar-refractivity contribution is -0.119. The molecule has 2 atom stereocenters. The molecule has 0 spiro atoms. The Hall–Kier alpha value is -2.54. The minimum Gasteiger partial charge on any atom is -0.368 e. The van der Waals surface area contributed by atoms with Gasteiger partial charge in [-0.05, 0) is 30.7 Å². The fourth-order valence-corrected chi connectivity index (χ4v) is 3.09. The smallest absolute Gasteiger partial charge is 0.252 e. The normalized spacial score (nSPS) is 13.0. The van der Waals surface area contributed by atoms with Crippen molar-refractivity contribution < 1.29 is 13.8 Å². The maximum Gasteiger partial charge on any atom is 0.252 e. The molecule has 0 unspecified atom stereocenters. The van der Waals surface area contributed by atoms with E-state index in [1.165, 1.54) is 24.5 Å². The van der Waals surface area contributed by atoms with Crippen molar-refractivity contribution >= 4 is 22.6 Å². The summed E-state index contributed by atoms with van der Waals surface area (Å²) in [7, 11) is -1.25. The van der Waals surface area contributed by atoms with E-state index in [4.69, 9.17) is 5.73 Å². The number of hydrogen-bond donors (Lipinski definition) is 2. The summed E-state index contributed by atoms with van der Waals surface area (Å²) in [6.07, 6.45) is 3.17. The van der Waals surface area contributed by atoms with E-state index < -0.39 is 28.7 Å². The van der Waals surface area contributed by atoms with E-state index in [-0.39, 0.29) is 12.2 Å². The van der Waals surface area contributed by atoms with Crippen LogP contribution in [0.1, 0.15) is 16.8 Å². The highest BCUT2D eigenvalue weighted by molar-refractivity contribution is 7.85. The van der Waals surface area contributed by atoms with E-state index in [1.807, 2.05) is 6.07 Å². The quantitative estimate of drug-likeness (QED) is 0.785. The number of rotatable bonds is 7. The second kappa shape index (κ2) is 8.19. The Balaban J connectivity index is 1.96. The highest BCUT2D eigenvalue weighted by atomic mass is 32.2. The molecule has 7 heteroatoms. The zero-order valence-corrected chi connectivity index (χ0v) is 13.2. The van der Waals surface area contributed by atoms with Gasteiger partial charge < -0.3 is 11.1 Å². The Kier molecular flexibility index (Phi) is 5.99. The molecule has 1 aromatic carbocycles. The van der Waals surface area contributed by atoms with E-state index in [2.05, 4.69) is 10.3 Å². The first-order valence-corrected chi connectivity index (χ1v) is 8.33. The minimum atomic E-state index is -1.25. The van der Waals surface area contributed by atoms with E-state index in [9.17, 15) is 13.8 Å². The summed E-state index contributed by atoms with van der Waals surface area (Å²) < 4.78 is 12.2.